The number of H-pyrrole nitrogens is 1. The quantitative estimate of drug-likeness (QED) is 0.329. The van der Waals surface area contributed by atoms with E-state index in [1.807, 2.05) is 24.1 Å². The molecule has 0 spiro atoms. The van der Waals surface area contributed by atoms with Crippen LogP contribution < -0.4 is 9.47 Å². The summed E-state index contributed by atoms with van der Waals surface area (Å²) in [5.41, 5.74) is 6.72. The fourth-order valence-electron chi connectivity index (χ4n) is 6.46. The summed E-state index contributed by atoms with van der Waals surface area (Å²) in [6.45, 7) is 5.78. The molecular formula is C33H33N5O4. The smallest absolute Gasteiger partial charge is 0.231 e. The van der Waals surface area contributed by atoms with Gasteiger partial charge in [0.1, 0.15) is 5.70 Å². The first-order chi connectivity index (χ1) is 20.6. The number of ether oxygens (including phenoxy) is 2. The molecule has 214 valence electrons. The van der Waals surface area contributed by atoms with E-state index in [1.54, 1.807) is 13.4 Å². The molecule has 0 radical (unpaired) electrons. The first-order valence-electron chi connectivity index (χ1n) is 14.3. The summed E-state index contributed by atoms with van der Waals surface area (Å²) < 4.78 is 11.2. The van der Waals surface area contributed by atoms with Crippen molar-refractivity contribution in [2.45, 2.75) is 19.4 Å². The first kappa shape index (κ1) is 26.3. The monoisotopic (exact) mass is 563 g/mol. The molecule has 1 unspecified atom stereocenters. The molecule has 4 heterocycles. The third-order valence-electron chi connectivity index (χ3n) is 8.58. The van der Waals surface area contributed by atoms with Gasteiger partial charge in [0.05, 0.1) is 30.9 Å². The zero-order valence-corrected chi connectivity index (χ0v) is 23.8. The van der Waals surface area contributed by atoms with E-state index in [-0.39, 0.29) is 12.8 Å². The normalized spacial score (nSPS) is 17.8. The second-order valence-corrected chi connectivity index (χ2v) is 10.9. The Labute approximate surface area is 244 Å². The molecule has 0 saturated carbocycles. The van der Waals surface area contributed by atoms with E-state index in [4.69, 9.17) is 19.3 Å². The maximum Gasteiger partial charge on any atom is 0.231 e. The third kappa shape index (κ3) is 4.61. The average molecular weight is 564 g/mol. The Morgan fingerprint density at radius 2 is 1.83 bits per heavy atom. The minimum absolute atomic E-state index is 0.212. The minimum Gasteiger partial charge on any atom is -0.454 e. The number of nitrogens with zero attached hydrogens (tertiary/aromatic N) is 4. The number of rotatable bonds is 7. The highest BCUT2D eigenvalue weighted by molar-refractivity contribution is 5.97. The molecule has 7 rings (SSSR count). The lowest BCUT2D eigenvalue weighted by atomic mass is 9.97. The molecule has 1 aromatic heterocycles. The van der Waals surface area contributed by atoms with E-state index in [1.165, 1.54) is 10.8 Å². The van der Waals surface area contributed by atoms with Crippen LogP contribution in [0.15, 0.2) is 78.4 Å². The number of fused-ring (bicyclic) bond motifs is 2. The van der Waals surface area contributed by atoms with Gasteiger partial charge in [-0.15, -0.1) is 0 Å². The van der Waals surface area contributed by atoms with Gasteiger partial charge >= 0.3 is 0 Å². The Morgan fingerprint density at radius 3 is 2.62 bits per heavy atom. The van der Waals surface area contributed by atoms with Crippen molar-refractivity contribution in [3.05, 3.63) is 101 Å². The zero-order valence-electron chi connectivity index (χ0n) is 23.8. The summed E-state index contributed by atoms with van der Waals surface area (Å²) in [6.07, 6.45) is 2.35. The van der Waals surface area contributed by atoms with Crippen LogP contribution in [0.1, 0.15) is 28.6 Å². The molecule has 1 fully saturated rings. The number of aryl methyl sites for hydroxylation is 1. The van der Waals surface area contributed by atoms with Crippen molar-refractivity contribution in [3.63, 3.8) is 0 Å². The van der Waals surface area contributed by atoms with Gasteiger partial charge in [0.25, 0.3) is 0 Å². The maximum atomic E-state index is 13.0. The number of hydroxylamine groups is 2. The van der Waals surface area contributed by atoms with Gasteiger partial charge in [-0.25, -0.2) is 9.78 Å². The van der Waals surface area contributed by atoms with E-state index >= 15 is 0 Å². The number of benzene rings is 3. The maximum absolute atomic E-state index is 13.0. The van der Waals surface area contributed by atoms with Gasteiger partial charge in [0, 0.05) is 44.0 Å². The summed E-state index contributed by atoms with van der Waals surface area (Å²) in [5.74, 6) is 3.88. The molecule has 0 bridgehead atoms. The van der Waals surface area contributed by atoms with Crippen molar-refractivity contribution in [2.24, 2.45) is 0 Å². The van der Waals surface area contributed by atoms with Gasteiger partial charge in [-0.3, -0.25) is 0 Å². The number of hydrogen-bond acceptors (Lipinski definition) is 8. The van der Waals surface area contributed by atoms with Crippen molar-refractivity contribution < 1.29 is 19.1 Å². The van der Waals surface area contributed by atoms with Crippen LogP contribution in [0.2, 0.25) is 0 Å². The van der Waals surface area contributed by atoms with E-state index in [0.717, 1.165) is 71.5 Å². The van der Waals surface area contributed by atoms with Crippen LogP contribution in [-0.4, -0.2) is 77.4 Å². The second kappa shape index (κ2) is 11.0. The van der Waals surface area contributed by atoms with Gasteiger partial charge in [-0.1, -0.05) is 48.5 Å². The average Bonchev–Trinajstić information content (AvgIpc) is 3.77. The zero-order chi connectivity index (χ0) is 28.6. The number of aromatic nitrogens is 2. The Kier molecular flexibility index (Phi) is 6.91. The number of piperazine rings is 1. The van der Waals surface area contributed by atoms with Gasteiger partial charge in [0.15, 0.2) is 17.4 Å². The van der Waals surface area contributed by atoms with Crippen LogP contribution in [-0.2, 0) is 16.1 Å². The van der Waals surface area contributed by atoms with Gasteiger partial charge < -0.3 is 29.1 Å². The van der Waals surface area contributed by atoms with Crippen molar-refractivity contribution >= 4 is 22.3 Å². The summed E-state index contributed by atoms with van der Waals surface area (Å²) in [5, 5.41) is 4.29. The molecule has 3 aliphatic heterocycles. The molecule has 3 aliphatic rings. The summed E-state index contributed by atoms with van der Waals surface area (Å²) in [7, 11) is 1.71. The van der Waals surface area contributed by atoms with E-state index in [0.29, 0.717) is 18.7 Å². The highest BCUT2D eigenvalue weighted by Gasteiger charge is 2.39. The summed E-state index contributed by atoms with van der Waals surface area (Å²) in [4.78, 5) is 31.1. The van der Waals surface area contributed by atoms with E-state index in [9.17, 15) is 4.79 Å². The van der Waals surface area contributed by atoms with Crippen LogP contribution in [0.5, 0.6) is 11.5 Å². The van der Waals surface area contributed by atoms with Gasteiger partial charge in [-0.05, 0) is 47.4 Å². The highest BCUT2D eigenvalue weighted by Crippen LogP contribution is 2.44. The summed E-state index contributed by atoms with van der Waals surface area (Å²) in [6, 6.07) is 20.7. The molecule has 3 aromatic carbocycles. The molecule has 0 amide bonds. The fourth-order valence-corrected chi connectivity index (χ4v) is 6.46. The summed E-state index contributed by atoms with van der Waals surface area (Å²) >= 11 is 0. The Morgan fingerprint density at radius 1 is 1.02 bits per heavy atom. The van der Waals surface area contributed by atoms with Crippen LogP contribution in [0.4, 0.5) is 0 Å². The lowest BCUT2D eigenvalue weighted by Gasteiger charge is -2.37. The lowest BCUT2D eigenvalue weighted by molar-refractivity contribution is -0.148. The molecule has 42 heavy (non-hydrogen) atoms. The first-order valence-corrected chi connectivity index (χ1v) is 14.3. The largest absolute Gasteiger partial charge is 0.454 e. The van der Waals surface area contributed by atoms with Crippen molar-refractivity contribution in [2.75, 3.05) is 46.6 Å². The Hall–Kier alpha value is -4.56. The predicted octanol–water partition coefficient (Wildman–Crippen LogP) is 4.51. The molecule has 0 aliphatic carbocycles. The standard InChI is InChI=1S/C33H33N5O4/c1-22-32(35-20-34-22)28(16-23-10-11-30-31(17-23)42-21-41-30)38-18-27(26-9-5-7-24-6-3-4-8-25(24)26)33(29(38)19-39)36-12-14-37(40-2)15-13-36/h3-11,17,20,28H,12-16,18,21H2,1-2H3,(H,34,35). The molecular weight excluding hydrogens is 530 g/mol. The number of carbonyl (C=O) groups excluding carboxylic acids is 1. The van der Waals surface area contributed by atoms with Crippen molar-refractivity contribution in [1.82, 2.24) is 24.8 Å². The number of aromatic amines is 1. The number of imidazole rings is 1. The fraction of sp³-hybridized carbons (Fsp3) is 0.303. The Bertz CT molecular complexity index is 1710. The minimum atomic E-state index is -0.212. The SMILES string of the molecule is CON1CCN(C2=C(c3cccc4ccccc34)CN(C(Cc3ccc4c(c3)OCO4)c3nc[nH]c3C)C2=C=O)CC1. The van der Waals surface area contributed by atoms with Crippen LogP contribution in [0, 0.1) is 6.92 Å². The highest BCUT2D eigenvalue weighted by atomic mass is 16.7. The number of nitrogens with one attached hydrogen (secondary N) is 1. The molecule has 1 saturated heterocycles. The predicted molar refractivity (Wildman–Crippen MR) is 159 cm³/mol. The topological polar surface area (TPSA) is 83.2 Å². The van der Waals surface area contributed by atoms with Crippen LogP contribution in [0.25, 0.3) is 16.3 Å². The molecule has 1 N–H and O–H groups in total. The van der Waals surface area contributed by atoms with Crippen LogP contribution in [0.3, 0.4) is 0 Å². The second-order valence-electron chi connectivity index (χ2n) is 10.9. The van der Waals surface area contributed by atoms with Gasteiger partial charge in [-0.2, -0.15) is 5.06 Å². The van der Waals surface area contributed by atoms with Gasteiger partial charge in [0.2, 0.25) is 6.79 Å². The van der Waals surface area contributed by atoms with Crippen molar-refractivity contribution in [3.8, 4) is 11.5 Å². The third-order valence-corrected chi connectivity index (χ3v) is 8.58. The van der Waals surface area contributed by atoms with Crippen LogP contribution >= 0.6 is 0 Å². The Balaban J connectivity index is 1.34. The number of hydrogen-bond donors (Lipinski definition) is 1. The molecule has 1 atom stereocenters. The molecule has 9 nitrogen and oxygen atoms in total. The lowest BCUT2D eigenvalue weighted by Crippen LogP contribution is -2.45. The van der Waals surface area contributed by atoms with E-state index < -0.39 is 0 Å². The molecule has 9 heteroatoms. The molecule has 4 aromatic rings. The van der Waals surface area contributed by atoms with Crippen molar-refractivity contribution in [1.29, 1.82) is 0 Å². The van der Waals surface area contributed by atoms with E-state index in [2.05, 4.69) is 69.3 Å².